The number of hydrogen-bond acceptors (Lipinski definition) is 5. The minimum absolute atomic E-state index is 0.0813. The van der Waals surface area contributed by atoms with Crippen LogP contribution in [0.3, 0.4) is 0 Å². The number of nitrogens with zero attached hydrogens (tertiary/aromatic N) is 2. The van der Waals surface area contributed by atoms with Gasteiger partial charge in [-0.25, -0.2) is 0 Å². The lowest BCUT2D eigenvalue weighted by Gasteiger charge is -2.31. The quantitative estimate of drug-likeness (QED) is 0.278. The molecule has 150 valence electrons. The number of anilines is 1. The Balaban J connectivity index is 1.64. The first-order valence-electron chi connectivity index (χ1n) is 9.67. The van der Waals surface area contributed by atoms with Gasteiger partial charge in [-0.2, -0.15) is 0 Å². The number of carbonyl (C=O) groups is 2. The number of thiocarbonyl (C=S) groups is 1. The predicted molar refractivity (Wildman–Crippen MR) is 110 cm³/mol. The summed E-state index contributed by atoms with van der Waals surface area (Å²) in [5, 5.41) is 5.00. The summed E-state index contributed by atoms with van der Waals surface area (Å²) in [6.07, 6.45) is 1.45. The predicted octanol–water partition coefficient (Wildman–Crippen LogP) is -2.02. The first-order chi connectivity index (χ1) is 13.6. The summed E-state index contributed by atoms with van der Waals surface area (Å²) in [6, 6.07) is 7.04. The van der Waals surface area contributed by atoms with Crippen LogP contribution in [-0.2, 0) is 9.59 Å². The van der Waals surface area contributed by atoms with E-state index in [-0.39, 0.29) is 11.0 Å². The van der Waals surface area contributed by atoms with Gasteiger partial charge >= 0.3 is 0 Å². The van der Waals surface area contributed by atoms with Gasteiger partial charge in [-0.05, 0) is 43.4 Å². The lowest BCUT2D eigenvalue weighted by Crippen LogP contribution is -3.20. The molecule has 2 fully saturated rings. The van der Waals surface area contributed by atoms with E-state index in [4.69, 9.17) is 17.0 Å². The number of rotatable bonds is 7. The third-order valence-corrected chi connectivity index (χ3v) is 5.15. The number of piperazine rings is 1. The molecule has 0 unspecified atom stereocenters. The molecule has 2 saturated heterocycles. The number of quaternary nitrogens is 2. The molecule has 0 spiro atoms. The van der Waals surface area contributed by atoms with Crippen LogP contribution in [0.4, 0.5) is 5.69 Å². The average Bonchev–Trinajstić information content (AvgIpc) is 2.69. The molecule has 0 radical (unpaired) electrons. The monoisotopic (exact) mass is 405 g/mol. The Labute approximate surface area is 169 Å². The van der Waals surface area contributed by atoms with Gasteiger partial charge < -0.3 is 20.3 Å². The van der Waals surface area contributed by atoms with E-state index in [0.29, 0.717) is 24.6 Å². The normalized spacial score (nSPS) is 21.2. The van der Waals surface area contributed by atoms with Crippen LogP contribution >= 0.6 is 12.2 Å². The van der Waals surface area contributed by atoms with E-state index in [1.807, 2.05) is 6.92 Å². The van der Waals surface area contributed by atoms with E-state index in [1.165, 1.54) is 16.0 Å². The van der Waals surface area contributed by atoms with Gasteiger partial charge in [-0.3, -0.25) is 19.5 Å². The number of nitrogens with two attached hydrogens (primary N) is 1. The van der Waals surface area contributed by atoms with Crippen LogP contribution in [0.1, 0.15) is 6.92 Å². The maximum absolute atomic E-state index is 12.9. The summed E-state index contributed by atoms with van der Waals surface area (Å²) >= 11 is 5.21. The Morgan fingerprint density at radius 2 is 2.04 bits per heavy atom. The van der Waals surface area contributed by atoms with Crippen LogP contribution in [0, 0.1) is 5.92 Å². The van der Waals surface area contributed by atoms with Gasteiger partial charge in [-0.1, -0.05) is 0 Å². The molecule has 0 aromatic heterocycles. The Kier molecular flexibility index (Phi) is 7.07. The number of hydrogen-bond donors (Lipinski definition) is 3. The SMILES string of the molecule is CCOc1ccc(N2C(=O)[C@@H](C=NCC[NH+]3CC[NH2+]CC3)C(=O)NC2=S)cc1. The molecule has 2 heterocycles. The third kappa shape index (κ3) is 4.92. The molecule has 0 bridgehead atoms. The molecule has 4 N–H and O–H groups in total. The van der Waals surface area contributed by atoms with Crippen LogP contribution < -0.4 is 25.2 Å². The van der Waals surface area contributed by atoms with Crippen molar-refractivity contribution in [2.45, 2.75) is 6.92 Å². The number of aliphatic imine (C=N–C) groups is 1. The fourth-order valence-corrected chi connectivity index (χ4v) is 3.65. The summed E-state index contributed by atoms with van der Waals surface area (Å²) in [7, 11) is 0. The number of nitrogens with one attached hydrogen (secondary N) is 2. The number of benzene rings is 1. The topological polar surface area (TPSA) is 92.0 Å². The molecule has 1 aromatic carbocycles. The summed E-state index contributed by atoms with van der Waals surface area (Å²) in [6.45, 7) is 8.49. The van der Waals surface area contributed by atoms with Crippen LogP contribution in [0.2, 0.25) is 0 Å². The van der Waals surface area contributed by atoms with E-state index in [9.17, 15) is 9.59 Å². The first kappa shape index (κ1) is 20.4. The highest BCUT2D eigenvalue weighted by Gasteiger charge is 2.38. The zero-order valence-corrected chi connectivity index (χ0v) is 16.8. The van der Waals surface area contributed by atoms with Crippen molar-refractivity contribution in [1.82, 2.24) is 5.32 Å². The lowest BCUT2D eigenvalue weighted by molar-refractivity contribution is -0.945. The Morgan fingerprint density at radius 3 is 2.71 bits per heavy atom. The van der Waals surface area contributed by atoms with Gasteiger partial charge in [0, 0.05) is 6.21 Å². The third-order valence-electron chi connectivity index (χ3n) is 4.86. The largest absolute Gasteiger partial charge is 0.494 e. The summed E-state index contributed by atoms with van der Waals surface area (Å²) in [5.41, 5.74) is 0.589. The van der Waals surface area contributed by atoms with Gasteiger partial charge in [0.1, 0.15) is 31.9 Å². The van der Waals surface area contributed by atoms with Gasteiger partial charge in [0.2, 0.25) is 5.91 Å². The second-order valence-electron chi connectivity index (χ2n) is 6.79. The van der Waals surface area contributed by atoms with Crippen molar-refractivity contribution < 1.29 is 24.5 Å². The molecule has 1 aromatic rings. The van der Waals surface area contributed by atoms with Crippen molar-refractivity contribution in [3.05, 3.63) is 24.3 Å². The zero-order chi connectivity index (χ0) is 19.9. The number of carbonyl (C=O) groups excluding carboxylic acids is 2. The van der Waals surface area contributed by atoms with E-state index in [1.54, 1.807) is 24.3 Å². The fourth-order valence-electron chi connectivity index (χ4n) is 3.36. The van der Waals surface area contributed by atoms with E-state index >= 15 is 0 Å². The van der Waals surface area contributed by atoms with E-state index < -0.39 is 11.8 Å². The van der Waals surface area contributed by atoms with Crippen LogP contribution in [-0.4, -0.2) is 69.0 Å². The van der Waals surface area contributed by atoms with Crippen molar-refractivity contribution in [2.75, 3.05) is 50.8 Å². The minimum atomic E-state index is -0.969. The van der Waals surface area contributed by atoms with Crippen molar-refractivity contribution in [2.24, 2.45) is 10.9 Å². The Bertz CT molecular complexity index is 746. The molecule has 2 aliphatic rings. The number of ether oxygens (including phenoxy) is 1. The highest BCUT2D eigenvalue weighted by atomic mass is 32.1. The smallest absolute Gasteiger partial charge is 0.251 e. The highest BCUT2D eigenvalue weighted by molar-refractivity contribution is 7.80. The van der Waals surface area contributed by atoms with Gasteiger partial charge in [-0.15, -0.1) is 0 Å². The molecule has 2 amide bonds. The first-order valence-corrected chi connectivity index (χ1v) is 10.1. The molecule has 1 atom stereocenters. The molecular formula is C19H27N5O3S+2. The maximum atomic E-state index is 12.9. The van der Waals surface area contributed by atoms with Crippen molar-refractivity contribution >= 4 is 41.0 Å². The standard InChI is InChI=1S/C19H25N5O3S/c1-2-27-15-5-3-14(4-6-15)24-18(26)16(17(25)22-19(24)28)13-21-9-12-23-10-7-20-8-11-23/h3-6,13,16,20H,2,7-12H2,1H3,(H,22,25,28)/p+2/t16-/m0/s1. The van der Waals surface area contributed by atoms with Crippen LogP contribution in [0.25, 0.3) is 0 Å². The van der Waals surface area contributed by atoms with Crippen LogP contribution in [0.5, 0.6) is 5.75 Å². The molecule has 0 saturated carbocycles. The van der Waals surface area contributed by atoms with E-state index in [2.05, 4.69) is 15.6 Å². The van der Waals surface area contributed by atoms with Crippen LogP contribution in [0.15, 0.2) is 29.3 Å². The van der Waals surface area contributed by atoms with Crippen molar-refractivity contribution in [1.29, 1.82) is 0 Å². The minimum Gasteiger partial charge on any atom is -0.494 e. The summed E-state index contributed by atoms with van der Waals surface area (Å²) in [5.74, 6) is -1.08. The lowest BCUT2D eigenvalue weighted by atomic mass is 10.1. The summed E-state index contributed by atoms with van der Waals surface area (Å²) in [4.78, 5) is 32.4. The van der Waals surface area contributed by atoms with Crippen molar-refractivity contribution in [3.8, 4) is 5.75 Å². The molecule has 0 aliphatic carbocycles. The maximum Gasteiger partial charge on any atom is 0.251 e. The van der Waals surface area contributed by atoms with Crippen molar-refractivity contribution in [3.63, 3.8) is 0 Å². The fraction of sp³-hybridized carbons (Fsp3) is 0.474. The molecule has 28 heavy (non-hydrogen) atoms. The van der Waals surface area contributed by atoms with Gasteiger partial charge in [0.15, 0.2) is 11.0 Å². The highest BCUT2D eigenvalue weighted by Crippen LogP contribution is 2.23. The zero-order valence-electron chi connectivity index (χ0n) is 16.0. The second-order valence-corrected chi connectivity index (χ2v) is 7.18. The second kappa shape index (κ2) is 9.72. The molecule has 2 aliphatic heterocycles. The molecule has 9 heteroatoms. The Hall–Kier alpha value is -2.36. The van der Waals surface area contributed by atoms with Gasteiger partial charge in [0.05, 0.1) is 25.4 Å². The van der Waals surface area contributed by atoms with E-state index in [0.717, 1.165) is 32.7 Å². The number of amides is 2. The average molecular weight is 406 g/mol. The Morgan fingerprint density at radius 1 is 1.32 bits per heavy atom. The molecule has 3 rings (SSSR count). The molecule has 8 nitrogen and oxygen atoms in total. The summed E-state index contributed by atoms with van der Waals surface area (Å²) < 4.78 is 5.42. The van der Waals surface area contributed by atoms with Gasteiger partial charge in [0.25, 0.3) is 5.91 Å². The molecular weight excluding hydrogens is 378 g/mol.